The third-order valence-corrected chi connectivity index (χ3v) is 7.76. The predicted octanol–water partition coefficient (Wildman–Crippen LogP) is 1.70. The summed E-state index contributed by atoms with van der Waals surface area (Å²) in [5.74, 6) is -2.47. The van der Waals surface area contributed by atoms with Crippen LogP contribution < -0.4 is 21.3 Å². The Kier molecular flexibility index (Phi) is 11.6. The minimum absolute atomic E-state index is 0.0787. The molecule has 0 saturated carbocycles. The van der Waals surface area contributed by atoms with E-state index in [0.29, 0.717) is 17.7 Å². The maximum absolute atomic E-state index is 13.1. The van der Waals surface area contributed by atoms with E-state index in [0.717, 1.165) is 0 Å². The maximum Gasteiger partial charge on any atom is 0.355 e. The van der Waals surface area contributed by atoms with Crippen LogP contribution in [-0.2, 0) is 28.7 Å². The van der Waals surface area contributed by atoms with Gasteiger partial charge in [-0.05, 0) is 44.8 Å². The van der Waals surface area contributed by atoms with Gasteiger partial charge in [-0.15, -0.1) is 0 Å². The highest BCUT2D eigenvalue weighted by molar-refractivity contribution is 8.76. The van der Waals surface area contributed by atoms with Gasteiger partial charge in [-0.3, -0.25) is 19.2 Å². The lowest BCUT2D eigenvalue weighted by molar-refractivity contribution is -0.145. The number of carbonyl (C=O) groups excluding carboxylic acids is 5. The maximum atomic E-state index is 13.1. The van der Waals surface area contributed by atoms with E-state index >= 15 is 0 Å². The van der Waals surface area contributed by atoms with Gasteiger partial charge in [-0.2, -0.15) is 0 Å². The summed E-state index contributed by atoms with van der Waals surface area (Å²) in [6.07, 6.45) is 4.38. The van der Waals surface area contributed by atoms with Crippen LogP contribution in [-0.4, -0.2) is 59.3 Å². The van der Waals surface area contributed by atoms with E-state index in [2.05, 4.69) is 21.3 Å². The Hall–Kier alpha value is -2.73. The number of carbonyl (C=O) groups is 5. The van der Waals surface area contributed by atoms with Gasteiger partial charge in [0.15, 0.2) is 0 Å². The molecule has 1 saturated heterocycles. The average Bonchev–Trinajstić information content (AvgIpc) is 2.81. The fourth-order valence-corrected chi connectivity index (χ4v) is 5.48. The number of rotatable bonds is 1. The lowest BCUT2D eigenvalue weighted by atomic mass is 10.0. The predicted molar refractivity (Wildman–Crippen MR) is 140 cm³/mol. The number of nitrogens with one attached hydrogen (secondary N) is 4. The van der Waals surface area contributed by atoms with Gasteiger partial charge in [-0.25, -0.2) is 4.79 Å². The minimum Gasteiger partial charge on any atom is -0.453 e. The average molecular weight is 539 g/mol. The fourth-order valence-electron chi connectivity index (χ4n) is 3.32. The highest BCUT2D eigenvalue weighted by atomic mass is 33.1. The van der Waals surface area contributed by atoms with Crippen molar-refractivity contribution < 1.29 is 28.7 Å². The molecule has 10 nitrogen and oxygen atoms in total. The van der Waals surface area contributed by atoms with Crippen molar-refractivity contribution in [3.8, 4) is 0 Å². The van der Waals surface area contributed by atoms with Crippen molar-refractivity contribution in [2.45, 2.75) is 65.6 Å². The van der Waals surface area contributed by atoms with Gasteiger partial charge in [0, 0.05) is 11.5 Å². The summed E-state index contributed by atoms with van der Waals surface area (Å²) in [7, 11) is 2.93. The van der Waals surface area contributed by atoms with E-state index in [1.54, 1.807) is 40.7 Å². The molecule has 0 aromatic carbocycles. The SMILES string of the molecule is C/C=C1\NC(=O)[C@H]2CSSCC/C=C/[C@H](CC(=O)N[C@H](C(C)C)C(=O)N2)OC(=O)C(=C(C)C)NC1=O. The number of esters is 1. The van der Waals surface area contributed by atoms with E-state index in [9.17, 15) is 24.0 Å². The molecule has 1 fully saturated rings. The molecule has 0 aromatic heterocycles. The molecule has 2 aliphatic heterocycles. The van der Waals surface area contributed by atoms with E-state index < -0.39 is 47.8 Å². The molecule has 198 valence electrons. The summed E-state index contributed by atoms with van der Waals surface area (Å²) in [5, 5.41) is 10.5. The third kappa shape index (κ3) is 8.74. The Morgan fingerprint density at radius 1 is 1.06 bits per heavy atom. The second-order valence-corrected chi connectivity index (χ2v) is 11.5. The second-order valence-electron chi connectivity index (χ2n) is 8.84. The molecule has 2 aliphatic rings. The van der Waals surface area contributed by atoms with Crippen LogP contribution in [0, 0.1) is 5.92 Å². The zero-order valence-electron chi connectivity index (χ0n) is 21.1. The molecule has 0 aromatic rings. The van der Waals surface area contributed by atoms with Crippen molar-refractivity contribution in [2.24, 2.45) is 5.92 Å². The molecular weight excluding hydrogens is 504 g/mol. The molecular formula is C24H34N4O6S2. The summed E-state index contributed by atoms with van der Waals surface area (Å²) in [6.45, 7) is 8.39. The van der Waals surface area contributed by atoms with Gasteiger partial charge >= 0.3 is 5.97 Å². The van der Waals surface area contributed by atoms with Crippen LogP contribution in [0.25, 0.3) is 0 Å². The zero-order chi connectivity index (χ0) is 26.8. The summed E-state index contributed by atoms with van der Waals surface area (Å²) in [5.41, 5.74) is 0.323. The molecule has 4 amide bonds. The normalized spacial score (nSPS) is 27.4. The molecule has 4 N–H and O–H groups in total. The molecule has 36 heavy (non-hydrogen) atoms. The van der Waals surface area contributed by atoms with Crippen LogP contribution in [0.3, 0.4) is 0 Å². The molecule has 2 bridgehead atoms. The highest BCUT2D eigenvalue weighted by Crippen LogP contribution is 2.24. The molecule has 2 heterocycles. The summed E-state index contributed by atoms with van der Waals surface area (Å²) in [6, 6.07) is -1.88. The van der Waals surface area contributed by atoms with Crippen LogP contribution in [0.15, 0.2) is 35.2 Å². The van der Waals surface area contributed by atoms with Crippen molar-refractivity contribution in [3.63, 3.8) is 0 Å². The van der Waals surface area contributed by atoms with Crippen molar-refractivity contribution in [2.75, 3.05) is 11.5 Å². The van der Waals surface area contributed by atoms with Crippen molar-refractivity contribution in [1.82, 2.24) is 21.3 Å². The molecule has 0 spiro atoms. The molecule has 3 atom stereocenters. The monoisotopic (exact) mass is 538 g/mol. The van der Waals surface area contributed by atoms with Gasteiger partial charge < -0.3 is 26.0 Å². The minimum atomic E-state index is -0.967. The van der Waals surface area contributed by atoms with Gasteiger partial charge in [0.05, 0.1) is 6.42 Å². The largest absolute Gasteiger partial charge is 0.453 e. The van der Waals surface area contributed by atoms with E-state index in [1.807, 2.05) is 6.08 Å². The molecule has 12 heteroatoms. The first-order valence-electron chi connectivity index (χ1n) is 11.7. The number of fused-ring (bicyclic) bond motifs is 7. The number of allylic oxidation sites excluding steroid dienone is 3. The topological polar surface area (TPSA) is 143 Å². The fraction of sp³-hybridized carbons (Fsp3) is 0.542. The summed E-state index contributed by atoms with van der Waals surface area (Å²) in [4.78, 5) is 65.1. The van der Waals surface area contributed by atoms with E-state index in [1.165, 1.54) is 27.7 Å². The van der Waals surface area contributed by atoms with Crippen LogP contribution in [0.1, 0.15) is 47.5 Å². The quantitative estimate of drug-likeness (QED) is 0.171. The van der Waals surface area contributed by atoms with Crippen molar-refractivity contribution in [1.29, 1.82) is 0 Å². The number of hydrogen-bond donors (Lipinski definition) is 4. The van der Waals surface area contributed by atoms with Crippen LogP contribution >= 0.6 is 21.6 Å². The Morgan fingerprint density at radius 2 is 1.78 bits per heavy atom. The highest BCUT2D eigenvalue weighted by Gasteiger charge is 2.31. The number of hydrogen-bond acceptors (Lipinski definition) is 8. The lowest BCUT2D eigenvalue weighted by Crippen LogP contribution is -2.56. The Morgan fingerprint density at radius 3 is 2.42 bits per heavy atom. The van der Waals surface area contributed by atoms with Crippen molar-refractivity contribution >= 4 is 51.2 Å². The van der Waals surface area contributed by atoms with Crippen LogP contribution in [0.2, 0.25) is 0 Å². The van der Waals surface area contributed by atoms with E-state index in [4.69, 9.17) is 4.74 Å². The molecule has 0 unspecified atom stereocenters. The number of amides is 4. The third-order valence-electron chi connectivity index (χ3n) is 5.31. The zero-order valence-corrected chi connectivity index (χ0v) is 22.8. The van der Waals surface area contributed by atoms with Gasteiger partial charge in [0.2, 0.25) is 17.7 Å². The summed E-state index contributed by atoms with van der Waals surface area (Å²) >= 11 is 0. The van der Waals surface area contributed by atoms with E-state index in [-0.39, 0.29) is 29.5 Å². The first-order chi connectivity index (χ1) is 17.0. The second kappa shape index (κ2) is 14.1. The molecule has 2 rings (SSSR count). The number of ether oxygens (including phenoxy) is 1. The molecule has 0 aliphatic carbocycles. The van der Waals surface area contributed by atoms with Crippen LogP contribution in [0.5, 0.6) is 0 Å². The lowest BCUT2D eigenvalue weighted by Gasteiger charge is -2.26. The summed E-state index contributed by atoms with van der Waals surface area (Å²) < 4.78 is 5.59. The van der Waals surface area contributed by atoms with Gasteiger partial charge in [-0.1, -0.05) is 47.6 Å². The molecule has 0 radical (unpaired) electrons. The van der Waals surface area contributed by atoms with Crippen LogP contribution in [0.4, 0.5) is 0 Å². The Balaban J connectivity index is 2.59. The van der Waals surface area contributed by atoms with Gasteiger partial charge in [0.25, 0.3) is 5.91 Å². The Labute approximate surface area is 219 Å². The first kappa shape index (κ1) is 29.5. The van der Waals surface area contributed by atoms with Gasteiger partial charge in [0.1, 0.15) is 29.6 Å². The smallest absolute Gasteiger partial charge is 0.355 e. The first-order valence-corrected chi connectivity index (χ1v) is 14.2. The van der Waals surface area contributed by atoms with Crippen molar-refractivity contribution in [3.05, 3.63) is 35.2 Å². The standard InChI is InChI=1S/C24H34N4O6S2/c1-6-16-21(30)28-20(14(4)5)24(33)34-15-9-7-8-10-35-36-12-17(22(31)25-16)26-23(32)19(13(2)3)27-18(29)11-15/h6-7,9,13,15,17,19H,8,10-12H2,1-5H3,(H,25,31)(H,26,32)(H,27,29)(H,28,30)/b9-7+,16-6-/t15-,17-,19-/m1/s1. The Bertz CT molecular complexity index is 972.